The first kappa shape index (κ1) is 20.3. The van der Waals surface area contributed by atoms with E-state index >= 15 is 0 Å². The number of imidazole rings is 1. The van der Waals surface area contributed by atoms with Crippen molar-refractivity contribution in [1.29, 1.82) is 0 Å². The van der Waals surface area contributed by atoms with E-state index in [-0.39, 0.29) is 12.4 Å². The first-order valence-electron chi connectivity index (χ1n) is 8.52. The van der Waals surface area contributed by atoms with Crippen molar-refractivity contribution in [2.75, 3.05) is 6.54 Å². The number of carbonyl (C=O) groups is 2. The number of carboxylic acids is 1. The molecule has 0 unspecified atom stereocenters. The molecule has 2 atom stereocenters. The van der Waals surface area contributed by atoms with E-state index in [0.717, 1.165) is 5.69 Å². The molecule has 0 aromatic carbocycles. The van der Waals surface area contributed by atoms with Gasteiger partial charge in [-0.2, -0.15) is 4.98 Å². The monoisotopic (exact) mass is 380 g/mol. The Balaban J connectivity index is 1.79. The zero-order valence-electron chi connectivity index (χ0n) is 14.7. The summed E-state index contributed by atoms with van der Waals surface area (Å²) >= 11 is 0. The summed E-state index contributed by atoms with van der Waals surface area (Å²) in [5, 5.41) is 17.8. The van der Waals surface area contributed by atoms with Gasteiger partial charge in [-0.25, -0.2) is 14.6 Å². The Morgan fingerprint density at radius 1 is 1.37 bits per heavy atom. The number of hydrogen-bond donors (Lipinski definition) is 6. The van der Waals surface area contributed by atoms with Gasteiger partial charge in [0.05, 0.1) is 18.9 Å². The minimum Gasteiger partial charge on any atom is -0.480 e. The van der Waals surface area contributed by atoms with E-state index in [1.54, 1.807) is 12.5 Å². The second-order valence-corrected chi connectivity index (χ2v) is 5.94. The summed E-state index contributed by atoms with van der Waals surface area (Å²) in [6.07, 6.45) is 5.25. The number of unbranched alkanes of at least 4 members (excludes halogenated alkanes) is 1. The molecule has 0 aliphatic heterocycles. The maximum Gasteiger partial charge on any atom is 0.326 e. The van der Waals surface area contributed by atoms with Crippen molar-refractivity contribution in [2.45, 2.75) is 44.3 Å². The van der Waals surface area contributed by atoms with Crippen LogP contribution in [0.2, 0.25) is 0 Å². The first-order chi connectivity index (χ1) is 13.0. The lowest BCUT2D eigenvalue weighted by Gasteiger charge is -2.14. The highest BCUT2D eigenvalue weighted by Crippen LogP contribution is 2.11. The van der Waals surface area contributed by atoms with Crippen molar-refractivity contribution < 1.29 is 19.2 Å². The van der Waals surface area contributed by atoms with Crippen LogP contribution in [0.25, 0.3) is 0 Å². The van der Waals surface area contributed by atoms with Crippen molar-refractivity contribution in [2.24, 2.45) is 11.5 Å². The topological polar surface area (TPSA) is 198 Å². The summed E-state index contributed by atoms with van der Waals surface area (Å²) < 4.78 is 5.05. The standard InChI is InChI=1S/C15H24N8O4/c16-4-2-1-3-11(14(24)25)21-15(26)19-7-12-22-13(23-27-12)10(17)5-9-6-18-8-20-9/h6,8,10-11H,1-5,7,16-17H2,(H,18,20)(H,24,25)(H2,19,21,26)/t10-,11-/m0/s1. The highest BCUT2D eigenvalue weighted by atomic mass is 16.5. The third kappa shape index (κ3) is 6.67. The number of aromatic amines is 1. The predicted molar refractivity (Wildman–Crippen MR) is 93.2 cm³/mol. The summed E-state index contributed by atoms with van der Waals surface area (Å²) in [6.45, 7) is 0.422. The van der Waals surface area contributed by atoms with Crippen molar-refractivity contribution >= 4 is 12.0 Å². The molecule has 2 amide bonds. The normalized spacial score (nSPS) is 13.1. The smallest absolute Gasteiger partial charge is 0.326 e. The number of nitrogens with zero attached hydrogens (tertiary/aromatic N) is 3. The van der Waals surface area contributed by atoms with E-state index in [1.165, 1.54) is 0 Å². The van der Waals surface area contributed by atoms with Gasteiger partial charge in [0.15, 0.2) is 5.82 Å². The number of carboxylic acid groups (broad SMARTS) is 1. The molecular formula is C15H24N8O4. The van der Waals surface area contributed by atoms with Crippen molar-refractivity contribution in [3.8, 4) is 0 Å². The zero-order valence-corrected chi connectivity index (χ0v) is 14.7. The van der Waals surface area contributed by atoms with Crippen LogP contribution in [0.4, 0.5) is 4.79 Å². The number of H-pyrrole nitrogens is 1. The number of amides is 2. The van der Waals surface area contributed by atoms with Crippen LogP contribution in [-0.4, -0.2) is 49.8 Å². The number of nitrogens with two attached hydrogens (primary N) is 2. The van der Waals surface area contributed by atoms with Crippen molar-refractivity contribution in [1.82, 2.24) is 30.7 Å². The van der Waals surface area contributed by atoms with Crippen LogP contribution in [0, 0.1) is 0 Å². The molecular weight excluding hydrogens is 356 g/mol. The summed E-state index contributed by atoms with van der Waals surface area (Å²) in [4.78, 5) is 34.0. The molecule has 0 bridgehead atoms. The van der Waals surface area contributed by atoms with Crippen LogP contribution in [-0.2, 0) is 17.8 Å². The fourth-order valence-electron chi connectivity index (χ4n) is 2.33. The Bertz CT molecular complexity index is 717. The molecule has 0 spiro atoms. The molecule has 0 radical (unpaired) electrons. The first-order valence-corrected chi connectivity index (χ1v) is 8.52. The second kappa shape index (κ2) is 10.2. The lowest BCUT2D eigenvalue weighted by molar-refractivity contribution is -0.139. The molecule has 2 heterocycles. The van der Waals surface area contributed by atoms with Gasteiger partial charge in [0.2, 0.25) is 5.89 Å². The van der Waals surface area contributed by atoms with Gasteiger partial charge in [-0.15, -0.1) is 0 Å². The molecule has 2 rings (SSSR count). The van der Waals surface area contributed by atoms with Gasteiger partial charge in [0.1, 0.15) is 6.04 Å². The lowest BCUT2D eigenvalue weighted by atomic mass is 10.1. The molecule has 0 aliphatic carbocycles. The predicted octanol–water partition coefficient (Wildman–Crippen LogP) is -0.583. The van der Waals surface area contributed by atoms with E-state index in [4.69, 9.17) is 21.1 Å². The van der Waals surface area contributed by atoms with E-state index < -0.39 is 24.1 Å². The third-order valence-electron chi connectivity index (χ3n) is 3.76. The van der Waals surface area contributed by atoms with E-state index in [0.29, 0.717) is 38.1 Å². The molecule has 12 heteroatoms. The number of nitrogens with one attached hydrogen (secondary N) is 3. The number of aliphatic carboxylic acids is 1. The second-order valence-electron chi connectivity index (χ2n) is 5.94. The molecule has 0 fully saturated rings. The molecule has 2 aromatic heterocycles. The average Bonchev–Trinajstić information content (AvgIpc) is 3.30. The molecule has 0 saturated carbocycles. The molecule has 12 nitrogen and oxygen atoms in total. The van der Waals surface area contributed by atoms with Gasteiger partial charge in [0, 0.05) is 18.3 Å². The Labute approximate surface area is 155 Å². The van der Waals surface area contributed by atoms with E-state index in [1.807, 2.05) is 0 Å². The zero-order chi connectivity index (χ0) is 19.6. The summed E-state index contributed by atoms with van der Waals surface area (Å²) in [5.74, 6) is -0.644. The summed E-state index contributed by atoms with van der Waals surface area (Å²) in [5.41, 5.74) is 12.2. The minimum atomic E-state index is -1.10. The average molecular weight is 380 g/mol. The van der Waals surface area contributed by atoms with Gasteiger partial charge in [-0.1, -0.05) is 5.16 Å². The van der Waals surface area contributed by atoms with E-state index in [2.05, 4.69) is 30.7 Å². The number of aromatic nitrogens is 4. The summed E-state index contributed by atoms with van der Waals surface area (Å²) in [6, 6.07) is -2.12. The van der Waals surface area contributed by atoms with Gasteiger partial charge in [-0.3, -0.25) is 0 Å². The Morgan fingerprint density at radius 3 is 2.85 bits per heavy atom. The maximum absolute atomic E-state index is 11.9. The third-order valence-corrected chi connectivity index (χ3v) is 3.76. The van der Waals surface area contributed by atoms with Crippen LogP contribution >= 0.6 is 0 Å². The molecule has 148 valence electrons. The van der Waals surface area contributed by atoms with E-state index in [9.17, 15) is 9.59 Å². The van der Waals surface area contributed by atoms with Crippen molar-refractivity contribution in [3.05, 3.63) is 29.9 Å². The lowest BCUT2D eigenvalue weighted by Crippen LogP contribution is -2.45. The van der Waals surface area contributed by atoms with Crippen molar-refractivity contribution in [3.63, 3.8) is 0 Å². The quantitative estimate of drug-likeness (QED) is 0.276. The number of rotatable bonds is 11. The highest BCUT2D eigenvalue weighted by Gasteiger charge is 2.20. The van der Waals surface area contributed by atoms with Gasteiger partial charge < -0.3 is 36.7 Å². The Hall–Kier alpha value is -2.99. The fraction of sp³-hybridized carbons (Fsp3) is 0.533. The van der Waals surface area contributed by atoms with Crippen LogP contribution in [0.3, 0.4) is 0 Å². The maximum atomic E-state index is 11.9. The molecule has 0 saturated heterocycles. The van der Waals surface area contributed by atoms with Crippen LogP contribution in [0.1, 0.15) is 42.7 Å². The Kier molecular flexibility index (Phi) is 7.70. The molecule has 27 heavy (non-hydrogen) atoms. The van der Waals surface area contributed by atoms with Crippen LogP contribution in [0.5, 0.6) is 0 Å². The van der Waals surface area contributed by atoms with Crippen LogP contribution < -0.4 is 22.1 Å². The van der Waals surface area contributed by atoms with Gasteiger partial charge in [0.25, 0.3) is 0 Å². The largest absolute Gasteiger partial charge is 0.480 e. The number of urea groups is 1. The fourth-order valence-corrected chi connectivity index (χ4v) is 2.33. The SMILES string of the molecule is NCCCC[C@H](NC(=O)NCc1nc([C@@H](N)Cc2cnc[nH]2)no1)C(=O)O. The minimum absolute atomic E-state index is 0.0508. The number of carbonyl (C=O) groups excluding carboxylic acids is 1. The van der Waals surface area contributed by atoms with Crippen LogP contribution in [0.15, 0.2) is 17.0 Å². The highest BCUT2D eigenvalue weighted by molar-refractivity contribution is 5.82. The van der Waals surface area contributed by atoms with Gasteiger partial charge >= 0.3 is 12.0 Å². The molecule has 0 aliphatic rings. The van der Waals surface area contributed by atoms with Gasteiger partial charge in [-0.05, 0) is 25.8 Å². The summed E-state index contributed by atoms with van der Waals surface area (Å²) in [7, 11) is 0. The Morgan fingerprint density at radius 2 is 2.19 bits per heavy atom. The molecule has 8 N–H and O–H groups in total. The number of hydrogen-bond acceptors (Lipinski definition) is 8. The molecule has 2 aromatic rings.